The van der Waals surface area contributed by atoms with Gasteiger partial charge in [0, 0.05) is 18.7 Å². The summed E-state index contributed by atoms with van der Waals surface area (Å²) in [5, 5.41) is 3.14. The normalized spacial score (nSPS) is 11.2. The van der Waals surface area contributed by atoms with E-state index in [0.717, 1.165) is 4.31 Å². The molecule has 0 spiro atoms. The van der Waals surface area contributed by atoms with E-state index < -0.39 is 15.9 Å². The summed E-state index contributed by atoms with van der Waals surface area (Å²) >= 11 is 5.98. The van der Waals surface area contributed by atoms with Crippen molar-refractivity contribution in [3.63, 3.8) is 0 Å². The van der Waals surface area contributed by atoms with Crippen molar-refractivity contribution in [2.45, 2.75) is 11.8 Å². The van der Waals surface area contributed by atoms with Crippen molar-refractivity contribution in [3.05, 3.63) is 59.1 Å². The highest BCUT2D eigenvalue weighted by Gasteiger charge is 2.28. The average Bonchev–Trinajstić information content (AvgIpc) is 2.61. The van der Waals surface area contributed by atoms with Gasteiger partial charge in [0.25, 0.3) is 10.0 Å². The van der Waals surface area contributed by atoms with Crippen LogP contribution in [-0.4, -0.2) is 41.1 Å². The minimum atomic E-state index is -3.92. The summed E-state index contributed by atoms with van der Waals surface area (Å²) in [5.41, 5.74) is 1.06. The zero-order chi connectivity index (χ0) is 19.2. The first-order valence-electron chi connectivity index (χ1n) is 7.96. The Kier molecular flexibility index (Phi) is 7.02. The van der Waals surface area contributed by atoms with E-state index >= 15 is 0 Å². The molecule has 0 radical (unpaired) electrons. The summed E-state index contributed by atoms with van der Waals surface area (Å²) in [6.45, 7) is 2.05. The fourth-order valence-electron chi connectivity index (χ4n) is 2.40. The number of hydrogen-bond donors (Lipinski definition) is 1. The van der Waals surface area contributed by atoms with Gasteiger partial charge in [-0.05, 0) is 42.8 Å². The van der Waals surface area contributed by atoms with E-state index in [0.29, 0.717) is 29.4 Å². The molecule has 2 aromatic rings. The lowest BCUT2D eigenvalue weighted by Crippen LogP contribution is -2.42. The summed E-state index contributed by atoms with van der Waals surface area (Å²) in [6, 6.07) is 12.9. The van der Waals surface area contributed by atoms with Crippen LogP contribution in [0, 0.1) is 6.92 Å². The van der Waals surface area contributed by atoms with Gasteiger partial charge in [0.1, 0.15) is 6.54 Å². The number of sulfonamides is 1. The molecule has 0 aromatic heterocycles. The molecule has 8 heteroatoms. The number of nitrogens with zero attached hydrogens (tertiary/aromatic N) is 1. The molecule has 0 aliphatic heterocycles. The Labute approximate surface area is 158 Å². The number of benzene rings is 2. The van der Waals surface area contributed by atoms with Crippen LogP contribution >= 0.6 is 11.6 Å². The van der Waals surface area contributed by atoms with Crippen LogP contribution < -0.4 is 9.62 Å². The van der Waals surface area contributed by atoms with Crippen molar-refractivity contribution >= 4 is 33.2 Å². The SMILES string of the molecule is COCCNC(=O)CN(c1ccc(Cl)cc1C)S(=O)(=O)c1ccccc1. The fraction of sp³-hybridized carbons (Fsp3) is 0.278. The Morgan fingerprint density at radius 1 is 1.19 bits per heavy atom. The maximum atomic E-state index is 13.1. The standard InChI is InChI=1S/C18H21ClN2O4S/c1-14-12-15(19)8-9-17(14)21(13-18(22)20-10-11-25-2)26(23,24)16-6-4-3-5-7-16/h3-9,12H,10-11,13H2,1-2H3,(H,20,22). The molecule has 6 nitrogen and oxygen atoms in total. The first kappa shape index (κ1) is 20.2. The molecule has 0 saturated heterocycles. The number of aryl methyl sites for hydroxylation is 1. The molecule has 0 fully saturated rings. The number of halogens is 1. The van der Waals surface area contributed by atoms with Crippen molar-refractivity contribution in [2.75, 3.05) is 31.1 Å². The number of methoxy groups -OCH3 is 1. The van der Waals surface area contributed by atoms with Crippen molar-refractivity contribution in [2.24, 2.45) is 0 Å². The summed E-state index contributed by atoms with van der Waals surface area (Å²) < 4.78 is 32.2. The molecule has 1 amide bonds. The van der Waals surface area contributed by atoms with Crippen molar-refractivity contribution in [1.82, 2.24) is 5.32 Å². The quantitative estimate of drug-likeness (QED) is 0.696. The van der Waals surface area contributed by atoms with E-state index in [1.165, 1.54) is 19.2 Å². The molecule has 0 aliphatic rings. The molecule has 26 heavy (non-hydrogen) atoms. The number of anilines is 1. The smallest absolute Gasteiger partial charge is 0.264 e. The minimum Gasteiger partial charge on any atom is -0.383 e. The van der Waals surface area contributed by atoms with Crippen molar-refractivity contribution in [3.8, 4) is 0 Å². The van der Waals surface area contributed by atoms with E-state index in [4.69, 9.17) is 16.3 Å². The van der Waals surface area contributed by atoms with E-state index in [9.17, 15) is 13.2 Å². The van der Waals surface area contributed by atoms with Crippen LogP contribution in [0.1, 0.15) is 5.56 Å². The van der Waals surface area contributed by atoms with Gasteiger partial charge in [-0.1, -0.05) is 29.8 Å². The molecule has 2 rings (SSSR count). The predicted molar refractivity (Wildman–Crippen MR) is 102 cm³/mol. The predicted octanol–water partition coefficient (Wildman–Crippen LogP) is 2.61. The number of rotatable bonds is 8. The van der Waals surface area contributed by atoms with Crippen molar-refractivity contribution in [1.29, 1.82) is 0 Å². The topological polar surface area (TPSA) is 75.7 Å². The van der Waals surface area contributed by atoms with Gasteiger partial charge in [-0.2, -0.15) is 0 Å². The van der Waals surface area contributed by atoms with Crippen LogP contribution in [0.3, 0.4) is 0 Å². The third-order valence-electron chi connectivity index (χ3n) is 3.67. The molecule has 1 N–H and O–H groups in total. The Morgan fingerprint density at radius 2 is 1.88 bits per heavy atom. The van der Waals surface area contributed by atoms with E-state index in [1.54, 1.807) is 43.3 Å². The van der Waals surface area contributed by atoms with E-state index in [1.807, 2.05) is 0 Å². The fourth-order valence-corrected chi connectivity index (χ4v) is 4.13. The lowest BCUT2D eigenvalue weighted by atomic mass is 10.2. The monoisotopic (exact) mass is 396 g/mol. The maximum Gasteiger partial charge on any atom is 0.264 e. The van der Waals surface area contributed by atoms with E-state index in [2.05, 4.69) is 5.32 Å². The Balaban J connectivity index is 2.40. The Bertz CT molecular complexity index is 857. The van der Waals surface area contributed by atoms with Crippen LogP contribution in [0.25, 0.3) is 0 Å². The zero-order valence-electron chi connectivity index (χ0n) is 14.6. The lowest BCUT2D eigenvalue weighted by Gasteiger charge is -2.25. The number of ether oxygens (including phenoxy) is 1. The minimum absolute atomic E-state index is 0.110. The third kappa shape index (κ3) is 4.97. The second kappa shape index (κ2) is 9.02. The third-order valence-corrected chi connectivity index (χ3v) is 5.68. The van der Waals surface area contributed by atoms with Gasteiger partial charge in [-0.3, -0.25) is 9.10 Å². The number of nitrogens with one attached hydrogen (secondary N) is 1. The summed E-state index contributed by atoms with van der Waals surface area (Å²) in [4.78, 5) is 12.4. The second-order valence-electron chi connectivity index (χ2n) is 5.60. The number of amides is 1. The van der Waals surface area contributed by atoms with Crippen LogP contribution in [0.5, 0.6) is 0 Å². The highest BCUT2D eigenvalue weighted by molar-refractivity contribution is 7.92. The highest BCUT2D eigenvalue weighted by atomic mass is 35.5. The van der Waals surface area contributed by atoms with Gasteiger partial charge in [0.15, 0.2) is 0 Å². The molecule has 0 bridgehead atoms. The summed E-state index contributed by atoms with van der Waals surface area (Å²) in [5.74, 6) is -0.420. The molecular weight excluding hydrogens is 376 g/mol. The summed E-state index contributed by atoms with van der Waals surface area (Å²) in [6.07, 6.45) is 0. The highest BCUT2D eigenvalue weighted by Crippen LogP contribution is 2.28. The Morgan fingerprint density at radius 3 is 2.50 bits per heavy atom. The molecule has 140 valence electrons. The molecule has 0 saturated carbocycles. The lowest BCUT2D eigenvalue weighted by molar-refractivity contribution is -0.119. The molecular formula is C18H21ClN2O4S. The van der Waals surface area contributed by atoms with Crippen LogP contribution in [0.2, 0.25) is 5.02 Å². The van der Waals surface area contributed by atoms with Gasteiger partial charge in [-0.15, -0.1) is 0 Å². The molecule has 0 atom stereocenters. The zero-order valence-corrected chi connectivity index (χ0v) is 16.2. The van der Waals surface area contributed by atoms with Gasteiger partial charge in [0.05, 0.1) is 17.2 Å². The maximum absolute atomic E-state index is 13.1. The van der Waals surface area contributed by atoms with Gasteiger partial charge >= 0.3 is 0 Å². The molecule has 2 aromatic carbocycles. The average molecular weight is 397 g/mol. The van der Waals surface area contributed by atoms with Gasteiger partial charge in [-0.25, -0.2) is 8.42 Å². The van der Waals surface area contributed by atoms with E-state index in [-0.39, 0.29) is 11.4 Å². The molecule has 0 unspecified atom stereocenters. The van der Waals surface area contributed by atoms with Gasteiger partial charge < -0.3 is 10.1 Å². The van der Waals surface area contributed by atoms with Crippen LogP contribution in [-0.2, 0) is 19.6 Å². The first-order chi connectivity index (χ1) is 12.4. The largest absolute Gasteiger partial charge is 0.383 e. The van der Waals surface area contributed by atoms with Crippen LogP contribution in [0.4, 0.5) is 5.69 Å². The van der Waals surface area contributed by atoms with Crippen molar-refractivity contribution < 1.29 is 17.9 Å². The molecule has 0 heterocycles. The number of carbonyl (C=O) groups excluding carboxylic acids is 1. The molecule has 0 aliphatic carbocycles. The van der Waals surface area contributed by atoms with Gasteiger partial charge in [0.2, 0.25) is 5.91 Å². The first-order valence-corrected chi connectivity index (χ1v) is 9.77. The second-order valence-corrected chi connectivity index (χ2v) is 7.90. The summed E-state index contributed by atoms with van der Waals surface area (Å²) in [7, 11) is -2.39. The van der Waals surface area contributed by atoms with Crippen LogP contribution in [0.15, 0.2) is 53.4 Å². The number of hydrogen-bond acceptors (Lipinski definition) is 4. The number of carbonyl (C=O) groups is 1. The Hall–Kier alpha value is -2.09.